The standard InChI is InChI=1S/C17H26N4OS/c1-12(2)17(15-6-5-7-23-15)20-16(22)9-18-14(4)11-21-10-13(3)8-19-21/h5-8,10,12,14,17-18H,9,11H2,1-4H3,(H,20,22)/t14-,17-/m0/s1. The lowest BCUT2D eigenvalue weighted by molar-refractivity contribution is -0.121. The first-order chi connectivity index (χ1) is 11.0. The third-order valence-corrected chi connectivity index (χ3v) is 4.62. The average molecular weight is 334 g/mol. The molecule has 23 heavy (non-hydrogen) atoms. The Kier molecular flexibility index (Phi) is 6.36. The number of rotatable bonds is 8. The van der Waals surface area contributed by atoms with E-state index in [1.54, 1.807) is 11.3 Å². The first kappa shape index (κ1) is 17.7. The fourth-order valence-corrected chi connectivity index (χ4v) is 3.39. The van der Waals surface area contributed by atoms with Crippen LogP contribution >= 0.6 is 11.3 Å². The molecule has 2 heterocycles. The van der Waals surface area contributed by atoms with E-state index in [1.165, 1.54) is 4.88 Å². The van der Waals surface area contributed by atoms with Crippen molar-refractivity contribution in [1.82, 2.24) is 20.4 Å². The molecule has 0 fully saturated rings. The van der Waals surface area contributed by atoms with Gasteiger partial charge in [0.1, 0.15) is 0 Å². The number of amides is 1. The van der Waals surface area contributed by atoms with E-state index in [1.807, 2.05) is 35.4 Å². The Balaban J connectivity index is 1.79. The maximum atomic E-state index is 12.2. The van der Waals surface area contributed by atoms with E-state index in [0.29, 0.717) is 12.5 Å². The summed E-state index contributed by atoms with van der Waals surface area (Å²) in [6, 6.07) is 4.35. The molecule has 2 aromatic rings. The number of nitrogens with one attached hydrogen (secondary N) is 2. The summed E-state index contributed by atoms with van der Waals surface area (Å²) in [4.78, 5) is 13.4. The molecule has 0 bridgehead atoms. The van der Waals surface area contributed by atoms with Gasteiger partial charge in [-0.1, -0.05) is 19.9 Å². The van der Waals surface area contributed by atoms with Crippen LogP contribution in [0.4, 0.5) is 0 Å². The second kappa shape index (κ2) is 8.26. The SMILES string of the molecule is Cc1cnn(C[C@H](C)NCC(=O)N[C@H](c2cccs2)C(C)C)c1. The summed E-state index contributed by atoms with van der Waals surface area (Å²) in [5.41, 5.74) is 1.14. The molecule has 2 aromatic heterocycles. The van der Waals surface area contributed by atoms with Crippen molar-refractivity contribution in [2.24, 2.45) is 5.92 Å². The third-order valence-electron chi connectivity index (χ3n) is 3.67. The summed E-state index contributed by atoms with van der Waals surface area (Å²) in [7, 11) is 0. The summed E-state index contributed by atoms with van der Waals surface area (Å²) in [5.74, 6) is 0.391. The molecule has 5 nitrogen and oxygen atoms in total. The summed E-state index contributed by atoms with van der Waals surface area (Å²) in [6.07, 6.45) is 3.84. The third kappa shape index (κ3) is 5.48. The molecule has 0 unspecified atom stereocenters. The Hall–Kier alpha value is -1.66. The van der Waals surface area contributed by atoms with Crippen molar-refractivity contribution in [3.8, 4) is 0 Å². The minimum atomic E-state index is 0.0283. The van der Waals surface area contributed by atoms with E-state index in [2.05, 4.69) is 42.6 Å². The lowest BCUT2D eigenvalue weighted by atomic mass is 10.0. The van der Waals surface area contributed by atoms with Crippen LogP contribution < -0.4 is 10.6 Å². The minimum absolute atomic E-state index is 0.0283. The van der Waals surface area contributed by atoms with Crippen molar-refractivity contribution >= 4 is 17.2 Å². The lowest BCUT2D eigenvalue weighted by Crippen LogP contribution is -2.41. The monoisotopic (exact) mass is 334 g/mol. The second-order valence-corrected chi connectivity index (χ2v) is 7.31. The zero-order valence-corrected chi connectivity index (χ0v) is 15.1. The molecule has 2 rings (SSSR count). The lowest BCUT2D eigenvalue weighted by Gasteiger charge is -2.22. The van der Waals surface area contributed by atoms with E-state index in [4.69, 9.17) is 0 Å². The van der Waals surface area contributed by atoms with Gasteiger partial charge in [-0.05, 0) is 36.8 Å². The van der Waals surface area contributed by atoms with Crippen molar-refractivity contribution in [3.63, 3.8) is 0 Å². The molecule has 0 saturated heterocycles. The van der Waals surface area contributed by atoms with Crippen molar-refractivity contribution in [2.45, 2.75) is 46.3 Å². The topological polar surface area (TPSA) is 59.0 Å². The van der Waals surface area contributed by atoms with Crippen molar-refractivity contribution in [2.75, 3.05) is 6.54 Å². The van der Waals surface area contributed by atoms with Gasteiger partial charge < -0.3 is 10.6 Å². The van der Waals surface area contributed by atoms with Gasteiger partial charge in [-0.2, -0.15) is 5.10 Å². The van der Waals surface area contributed by atoms with E-state index >= 15 is 0 Å². The quantitative estimate of drug-likeness (QED) is 0.780. The van der Waals surface area contributed by atoms with Gasteiger partial charge in [0, 0.05) is 17.1 Å². The molecule has 0 aromatic carbocycles. The van der Waals surface area contributed by atoms with E-state index in [0.717, 1.165) is 12.1 Å². The molecule has 0 saturated carbocycles. The molecular formula is C17H26N4OS. The second-order valence-electron chi connectivity index (χ2n) is 6.33. The van der Waals surface area contributed by atoms with E-state index in [-0.39, 0.29) is 18.0 Å². The highest BCUT2D eigenvalue weighted by atomic mass is 32.1. The maximum Gasteiger partial charge on any atom is 0.234 e. The average Bonchev–Trinajstić information content (AvgIpc) is 3.14. The van der Waals surface area contributed by atoms with Crippen LogP contribution in [0.5, 0.6) is 0 Å². The van der Waals surface area contributed by atoms with Crippen LogP contribution in [0.2, 0.25) is 0 Å². The highest BCUT2D eigenvalue weighted by molar-refractivity contribution is 7.10. The molecule has 126 valence electrons. The number of nitrogens with zero attached hydrogens (tertiary/aromatic N) is 2. The summed E-state index contributed by atoms with van der Waals surface area (Å²) >= 11 is 1.68. The highest BCUT2D eigenvalue weighted by Crippen LogP contribution is 2.25. The van der Waals surface area contributed by atoms with Crippen LogP contribution in [0.15, 0.2) is 29.9 Å². The molecule has 2 atom stereocenters. The number of hydrogen-bond acceptors (Lipinski definition) is 4. The Morgan fingerprint density at radius 2 is 2.17 bits per heavy atom. The number of carbonyl (C=O) groups is 1. The first-order valence-corrected chi connectivity index (χ1v) is 8.89. The van der Waals surface area contributed by atoms with Crippen LogP contribution in [0.3, 0.4) is 0 Å². The van der Waals surface area contributed by atoms with Gasteiger partial charge in [0.2, 0.25) is 5.91 Å². The van der Waals surface area contributed by atoms with Gasteiger partial charge in [0.15, 0.2) is 0 Å². The minimum Gasteiger partial charge on any atom is -0.347 e. The highest BCUT2D eigenvalue weighted by Gasteiger charge is 2.19. The predicted molar refractivity (Wildman–Crippen MR) is 94.5 cm³/mol. The normalized spacial score (nSPS) is 14.0. The molecule has 1 amide bonds. The van der Waals surface area contributed by atoms with Crippen LogP contribution in [0.25, 0.3) is 0 Å². The van der Waals surface area contributed by atoms with Gasteiger partial charge in [0.05, 0.1) is 25.3 Å². The number of aromatic nitrogens is 2. The zero-order valence-electron chi connectivity index (χ0n) is 14.2. The molecule has 0 aliphatic heterocycles. The summed E-state index contributed by atoms with van der Waals surface area (Å²) in [5, 5.41) is 12.7. The molecular weight excluding hydrogens is 308 g/mol. The Bertz CT molecular complexity index is 606. The number of thiophene rings is 1. The predicted octanol–water partition coefficient (Wildman–Crippen LogP) is 2.74. The molecule has 2 N–H and O–H groups in total. The Morgan fingerprint density at radius 1 is 1.39 bits per heavy atom. The smallest absolute Gasteiger partial charge is 0.234 e. The Morgan fingerprint density at radius 3 is 2.74 bits per heavy atom. The van der Waals surface area contributed by atoms with Gasteiger partial charge in [0.25, 0.3) is 0 Å². The summed E-state index contributed by atoms with van der Waals surface area (Å²) in [6.45, 7) is 9.40. The van der Waals surface area contributed by atoms with Crippen molar-refractivity contribution in [3.05, 3.63) is 40.3 Å². The molecule has 0 radical (unpaired) electrons. The molecule has 0 spiro atoms. The maximum absolute atomic E-state index is 12.2. The van der Waals surface area contributed by atoms with Crippen LogP contribution in [-0.4, -0.2) is 28.3 Å². The van der Waals surface area contributed by atoms with Gasteiger partial charge in [-0.3, -0.25) is 9.48 Å². The number of carbonyl (C=O) groups excluding carboxylic acids is 1. The van der Waals surface area contributed by atoms with Crippen molar-refractivity contribution in [1.29, 1.82) is 0 Å². The van der Waals surface area contributed by atoms with Crippen molar-refractivity contribution < 1.29 is 4.79 Å². The largest absolute Gasteiger partial charge is 0.347 e. The summed E-state index contributed by atoms with van der Waals surface area (Å²) < 4.78 is 1.90. The van der Waals surface area contributed by atoms with E-state index < -0.39 is 0 Å². The first-order valence-electron chi connectivity index (χ1n) is 8.01. The number of hydrogen-bond donors (Lipinski definition) is 2. The van der Waals surface area contributed by atoms with Crippen LogP contribution in [0.1, 0.15) is 37.3 Å². The fourth-order valence-electron chi connectivity index (χ4n) is 2.44. The van der Waals surface area contributed by atoms with Gasteiger partial charge in [-0.25, -0.2) is 0 Å². The van der Waals surface area contributed by atoms with Crippen LogP contribution in [-0.2, 0) is 11.3 Å². The van der Waals surface area contributed by atoms with E-state index in [9.17, 15) is 4.79 Å². The fraction of sp³-hybridized carbons (Fsp3) is 0.529. The zero-order chi connectivity index (χ0) is 16.8. The number of aryl methyl sites for hydroxylation is 1. The van der Waals surface area contributed by atoms with Gasteiger partial charge >= 0.3 is 0 Å². The van der Waals surface area contributed by atoms with Crippen LogP contribution in [0, 0.1) is 12.8 Å². The Labute approximate surface area is 142 Å². The molecule has 0 aliphatic carbocycles. The molecule has 6 heteroatoms. The van der Waals surface area contributed by atoms with Gasteiger partial charge in [-0.15, -0.1) is 11.3 Å². The molecule has 0 aliphatic rings.